The van der Waals surface area contributed by atoms with Gasteiger partial charge in [-0.1, -0.05) is 45.7 Å². The Morgan fingerprint density at radius 2 is 2.29 bits per heavy atom. The van der Waals surface area contributed by atoms with E-state index < -0.39 is 0 Å². The van der Waals surface area contributed by atoms with Crippen molar-refractivity contribution in [2.24, 2.45) is 10.9 Å². The second-order valence-corrected chi connectivity index (χ2v) is 4.95. The van der Waals surface area contributed by atoms with E-state index in [9.17, 15) is 0 Å². The molecule has 1 rings (SSSR count). The molecule has 6 heteroatoms. The van der Waals surface area contributed by atoms with E-state index in [0.717, 1.165) is 16.6 Å². The quantitative estimate of drug-likeness (QED) is 0.379. The number of likely N-dealkylation sites (N-methyl/N-ethyl adjacent to an activating group) is 1. The smallest absolute Gasteiger partial charge is 0.153 e. The minimum Gasteiger partial charge on any atom is -0.409 e. The highest BCUT2D eigenvalue weighted by molar-refractivity contribution is 9.10. The van der Waals surface area contributed by atoms with Gasteiger partial charge in [-0.25, -0.2) is 0 Å². The van der Waals surface area contributed by atoms with Crippen LogP contribution in [0.15, 0.2) is 27.8 Å². The molecule has 4 nitrogen and oxygen atoms in total. The van der Waals surface area contributed by atoms with Gasteiger partial charge in [0.25, 0.3) is 0 Å². The lowest BCUT2D eigenvalue weighted by molar-refractivity contribution is 0.294. The molecular weight excluding hydrogens is 305 g/mol. The molecule has 0 saturated carbocycles. The van der Waals surface area contributed by atoms with E-state index in [0.29, 0.717) is 18.1 Å². The summed E-state index contributed by atoms with van der Waals surface area (Å²) < 4.78 is 0.950. The summed E-state index contributed by atoms with van der Waals surface area (Å²) in [4.78, 5) is 2.03. The lowest BCUT2D eigenvalue weighted by Crippen LogP contribution is -2.33. The summed E-state index contributed by atoms with van der Waals surface area (Å²) in [5.41, 5.74) is 6.50. The molecule has 0 amide bonds. The molecule has 94 valence electrons. The van der Waals surface area contributed by atoms with Gasteiger partial charge in [0.2, 0.25) is 0 Å². The largest absolute Gasteiger partial charge is 0.409 e. The van der Waals surface area contributed by atoms with E-state index in [1.807, 2.05) is 30.0 Å². The summed E-state index contributed by atoms with van der Waals surface area (Å²) in [6, 6.07) is 5.76. The fourth-order valence-corrected chi connectivity index (χ4v) is 2.16. The maximum atomic E-state index is 8.54. The van der Waals surface area contributed by atoms with Gasteiger partial charge in [0.05, 0.1) is 6.54 Å². The zero-order chi connectivity index (χ0) is 12.8. The molecule has 0 heterocycles. The van der Waals surface area contributed by atoms with Gasteiger partial charge >= 0.3 is 0 Å². The first kappa shape index (κ1) is 14.3. The first-order valence-corrected chi connectivity index (χ1v) is 6.36. The van der Waals surface area contributed by atoms with Crippen LogP contribution in [0.5, 0.6) is 0 Å². The average molecular weight is 321 g/mol. The summed E-state index contributed by atoms with van der Waals surface area (Å²) in [5, 5.41) is 12.2. The molecule has 17 heavy (non-hydrogen) atoms. The van der Waals surface area contributed by atoms with Crippen LogP contribution in [0, 0.1) is 0 Å². The van der Waals surface area contributed by atoms with E-state index in [1.165, 1.54) is 0 Å². The molecule has 0 radical (unpaired) electrons. The van der Waals surface area contributed by atoms with Gasteiger partial charge in [0.15, 0.2) is 5.84 Å². The topological polar surface area (TPSA) is 61.8 Å². The van der Waals surface area contributed by atoms with Gasteiger partial charge in [0, 0.05) is 16.0 Å². The molecule has 0 atom stereocenters. The molecular formula is C11H15BrClN3O. The van der Waals surface area contributed by atoms with Crippen LogP contribution in [0.1, 0.15) is 12.5 Å². The van der Waals surface area contributed by atoms with Crippen molar-refractivity contribution >= 4 is 33.4 Å². The predicted molar refractivity (Wildman–Crippen MR) is 73.5 cm³/mol. The Kier molecular flexibility index (Phi) is 5.74. The standard InChI is InChI=1S/C11H15BrClN3O/c1-2-16(7-11(14)15-17)6-8-3-4-9(12)5-10(8)13/h3-5,17H,2,6-7H2,1H3,(H2,14,15). The number of hydrogen-bond acceptors (Lipinski definition) is 3. The second kappa shape index (κ2) is 6.83. The van der Waals surface area contributed by atoms with Crippen LogP contribution in [-0.4, -0.2) is 29.0 Å². The lowest BCUT2D eigenvalue weighted by atomic mass is 10.2. The number of oxime groups is 1. The highest BCUT2D eigenvalue weighted by Gasteiger charge is 2.09. The number of amidine groups is 1. The summed E-state index contributed by atoms with van der Waals surface area (Å²) in [7, 11) is 0. The third-order valence-corrected chi connectivity index (χ3v) is 3.22. The van der Waals surface area contributed by atoms with Gasteiger partial charge in [0.1, 0.15) is 0 Å². The monoisotopic (exact) mass is 319 g/mol. The molecule has 0 bridgehead atoms. The Morgan fingerprint density at radius 1 is 1.59 bits per heavy atom. The van der Waals surface area contributed by atoms with E-state index in [4.69, 9.17) is 22.5 Å². The average Bonchev–Trinajstić information content (AvgIpc) is 2.31. The predicted octanol–water partition coefficient (Wildman–Crippen LogP) is 2.67. The Hall–Kier alpha value is -0.780. The van der Waals surface area contributed by atoms with Crippen LogP contribution in [0.25, 0.3) is 0 Å². The van der Waals surface area contributed by atoms with Crippen LogP contribution < -0.4 is 5.73 Å². The SMILES string of the molecule is CCN(C/C(N)=N/O)Cc1ccc(Br)cc1Cl. The van der Waals surface area contributed by atoms with Gasteiger partial charge in [-0.15, -0.1) is 0 Å². The molecule has 0 unspecified atom stereocenters. The molecule has 0 aliphatic heterocycles. The molecule has 3 N–H and O–H groups in total. The van der Waals surface area contributed by atoms with Crippen LogP contribution in [-0.2, 0) is 6.54 Å². The Morgan fingerprint density at radius 3 is 2.82 bits per heavy atom. The van der Waals surface area contributed by atoms with Crippen molar-refractivity contribution < 1.29 is 5.21 Å². The minimum absolute atomic E-state index is 0.195. The van der Waals surface area contributed by atoms with Gasteiger partial charge in [-0.05, 0) is 24.2 Å². The van der Waals surface area contributed by atoms with Gasteiger partial charge < -0.3 is 10.9 Å². The van der Waals surface area contributed by atoms with Gasteiger partial charge in [-0.2, -0.15) is 0 Å². The van der Waals surface area contributed by atoms with Gasteiger partial charge in [-0.3, -0.25) is 4.90 Å². The van der Waals surface area contributed by atoms with E-state index in [-0.39, 0.29) is 5.84 Å². The van der Waals surface area contributed by atoms with Crippen molar-refractivity contribution in [3.8, 4) is 0 Å². The lowest BCUT2D eigenvalue weighted by Gasteiger charge is -2.20. The number of nitrogens with two attached hydrogens (primary N) is 1. The fraction of sp³-hybridized carbons (Fsp3) is 0.364. The molecule has 0 spiro atoms. The van der Waals surface area contributed by atoms with E-state index >= 15 is 0 Å². The van der Waals surface area contributed by atoms with E-state index in [2.05, 4.69) is 21.1 Å². The van der Waals surface area contributed by atoms with Crippen molar-refractivity contribution in [2.75, 3.05) is 13.1 Å². The van der Waals surface area contributed by atoms with Crippen LogP contribution in [0.2, 0.25) is 5.02 Å². The normalized spacial score (nSPS) is 12.1. The number of hydrogen-bond donors (Lipinski definition) is 2. The molecule has 1 aromatic rings. The summed E-state index contributed by atoms with van der Waals surface area (Å²) in [5.74, 6) is 0.195. The van der Waals surface area contributed by atoms with Crippen LogP contribution >= 0.6 is 27.5 Å². The molecule has 0 aliphatic rings. The zero-order valence-electron chi connectivity index (χ0n) is 9.53. The highest BCUT2D eigenvalue weighted by Crippen LogP contribution is 2.22. The summed E-state index contributed by atoms with van der Waals surface area (Å²) >= 11 is 9.49. The minimum atomic E-state index is 0.195. The molecule has 1 aromatic carbocycles. The van der Waals surface area contributed by atoms with Crippen molar-refractivity contribution in [3.05, 3.63) is 33.3 Å². The van der Waals surface area contributed by atoms with Crippen LogP contribution in [0.3, 0.4) is 0 Å². The molecule has 0 aromatic heterocycles. The third-order valence-electron chi connectivity index (χ3n) is 2.37. The second-order valence-electron chi connectivity index (χ2n) is 3.63. The molecule has 0 fully saturated rings. The number of halogens is 2. The number of benzene rings is 1. The van der Waals surface area contributed by atoms with Crippen molar-refractivity contribution in [1.29, 1.82) is 0 Å². The van der Waals surface area contributed by atoms with Crippen molar-refractivity contribution in [3.63, 3.8) is 0 Å². The number of rotatable bonds is 5. The summed E-state index contributed by atoms with van der Waals surface area (Å²) in [6.07, 6.45) is 0. The third kappa shape index (κ3) is 4.53. The molecule has 0 aliphatic carbocycles. The van der Waals surface area contributed by atoms with Crippen molar-refractivity contribution in [2.45, 2.75) is 13.5 Å². The Bertz CT molecular complexity index is 412. The van der Waals surface area contributed by atoms with Crippen LogP contribution in [0.4, 0.5) is 0 Å². The Labute approximate surface area is 114 Å². The Balaban J connectivity index is 2.73. The van der Waals surface area contributed by atoms with Crippen molar-refractivity contribution in [1.82, 2.24) is 4.90 Å². The first-order valence-electron chi connectivity index (χ1n) is 5.19. The molecule has 0 saturated heterocycles. The first-order chi connectivity index (χ1) is 8.06. The summed E-state index contributed by atoms with van der Waals surface area (Å²) in [6.45, 7) is 3.89. The maximum Gasteiger partial charge on any atom is 0.153 e. The maximum absolute atomic E-state index is 8.54. The number of nitrogens with zero attached hydrogens (tertiary/aromatic N) is 2. The highest BCUT2D eigenvalue weighted by atomic mass is 79.9. The van der Waals surface area contributed by atoms with E-state index in [1.54, 1.807) is 0 Å². The zero-order valence-corrected chi connectivity index (χ0v) is 11.9. The fourth-order valence-electron chi connectivity index (χ4n) is 1.43.